The molecular formula is C20H22N4O6S. The topological polar surface area (TPSA) is 127 Å². The molecule has 10 nitrogen and oxygen atoms in total. The second-order valence-electron chi connectivity index (χ2n) is 8.42. The lowest BCUT2D eigenvalue weighted by molar-refractivity contribution is 0.00532. The van der Waals surface area contributed by atoms with Gasteiger partial charge in [0, 0.05) is 24.8 Å². The third kappa shape index (κ3) is 3.88. The monoisotopic (exact) mass is 446 g/mol. The first-order valence-electron chi connectivity index (χ1n) is 9.63. The highest BCUT2D eigenvalue weighted by Crippen LogP contribution is 2.30. The molecule has 0 spiro atoms. The van der Waals surface area contributed by atoms with Crippen LogP contribution in [0.15, 0.2) is 41.4 Å². The first-order valence-corrected chi connectivity index (χ1v) is 11.1. The minimum absolute atomic E-state index is 0.0149. The predicted molar refractivity (Wildman–Crippen MR) is 110 cm³/mol. The van der Waals surface area contributed by atoms with Gasteiger partial charge in [-0.3, -0.25) is 9.59 Å². The van der Waals surface area contributed by atoms with Gasteiger partial charge in [0.05, 0.1) is 11.7 Å². The van der Waals surface area contributed by atoms with Gasteiger partial charge in [-0.1, -0.05) is 0 Å². The first kappa shape index (κ1) is 20.9. The number of nitrogens with zero attached hydrogens (tertiary/aromatic N) is 2. The SMILES string of the molecule is CC(C)(C)OC(=O)N1CC(NC(=O)c2ccc3c(c2)NC(=O)c2cccn2S3(=O)=O)C1. The Labute approximate surface area is 179 Å². The Kier molecular flexibility index (Phi) is 4.80. The fourth-order valence-electron chi connectivity index (χ4n) is 3.35. The molecule has 1 aromatic carbocycles. The molecule has 3 heterocycles. The quantitative estimate of drug-likeness (QED) is 0.722. The lowest BCUT2D eigenvalue weighted by atomic mass is 10.1. The van der Waals surface area contributed by atoms with Crippen LogP contribution in [0.3, 0.4) is 0 Å². The van der Waals surface area contributed by atoms with Crippen LogP contribution in [0, 0.1) is 0 Å². The predicted octanol–water partition coefficient (Wildman–Crippen LogP) is 1.64. The zero-order valence-corrected chi connectivity index (χ0v) is 18.0. The molecule has 0 radical (unpaired) electrons. The summed E-state index contributed by atoms with van der Waals surface area (Å²) >= 11 is 0. The summed E-state index contributed by atoms with van der Waals surface area (Å²) in [6, 6.07) is 6.63. The fourth-order valence-corrected chi connectivity index (χ4v) is 4.82. The molecule has 0 saturated carbocycles. The van der Waals surface area contributed by atoms with E-state index in [0.29, 0.717) is 13.1 Å². The second-order valence-corrected chi connectivity index (χ2v) is 10.2. The van der Waals surface area contributed by atoms with Crippen molar-refractivity contribution in [2.24, 2.45) is 0 Å². The number of hydrogen-bond acceptors (Lipinski definition) is 6. The lowest BCUT2D eigenvalue weighted by Crippen LogP contribution is -2.61. The van der Waals surface area contributed by atoms with Crippen LogP contribution in [0.5, 0.6) is 0 Å². The highest BCUT2D eigenvalue weighted by Gasteiger charge is 2.35. The normalized spacial score (nSPS) is 17.5. The minimum Gasteiger partial charge on any atom is -0.444 e. The highest BCUT2D eigenvalue weighted by atomic mass is 32.2. The van der Waals surface area contributed by atoms with E-state index < -0.39 is 33.5 Å². The highest BCUT2D eigenvalue weighted by molar-refractivity contribution is 7.90. The number of hydrogen-bond donors (Lipinski definition) is 2. The number of rotatable bonds is 2. The molecule has 11 heteroatoms. The number of fused-ring (bicyclic) bond motifs is 2. The molecule has 2 aliphatic rings. The van der Waals surface area contributed by atoms with E-state index in [2.05, 4.69) is 10.6 Å². The molecule has 4 rings (SSSR count). The second kappa shape index (κ2) is 7.12. The molecule has 2 N–H and O–H groups in total. The Morgan fingerprint density at radius 2 is 1.90 bits per heavy atom. The number of amides is 3. The van der Waals surface area contributed by atoms with Crippen LogP contribution in [-0.2, 0) is 14.8 Å². The number of carbonyl (C=O) groups is 3. The maximum atomic E-state index is 12.9. The summed E-state index contributed by atoms with van der Waals surface area (Å²) in [5, 5.41) is 5.34. The molecule has 0 aliphatic carbocycles. The summed E-state index contributed by atoms with van der Waals surface area (Å²) in [7, 11) is -3.97. The number of ether oxygens (including phenoxy) is 1. The van der Waals surface area contributed by atoms with E-state index in [9.17, 15) is 22.8 Å². The summed E-state index contributed by atoms with van der Waals surface area (Å²) in [5.41, 5.74) is -0.389. The van der Waals surface area contributed by atoms with Crippen LogP contribution in [0.4, 0.5) is 10.5 Å². The Morgan fingerprint density at radius 1 is 1.19 bits per heavy atom. The van der Waals surface area contributed by atoms with Crippen molar-refractivity contribution in [1.82, 2.24) is 14.2 Å². The van der Waals surface area contributed by atoms with E-state index >= 15 is 0 Å². The first-order chi connectivity index (χ1) is 14.5. The standard InChI is InChI=1S/C20H22N4O6S/c1-20(2,3)30-19(27)23-10-13(11-23)21-17(25)12-6-7-16-14(9-12)22-18(26)15-5-4-8-24(15)31(16,28)29/h4-9,13H,10-11H2,1-3H3,(H,21,25)(H,22,26). The Balaban J connectivity index is 1.47. The third-order valence-electron chi connectivity index (χ3n) is 4.84. The molecule has 1 aromatic heterocycles. The Morgan fingerprint density at radius 3 is 2.58 bits per heavy atom. The molecule has 164 valence electrons. The molecule has 1 saturated heterocycles. The van der Waals surface area contributed by atoms with Crippen LogP contribution in [0.1, 0.15) is 41.6 Å². The molecule has 0 bridgehead atoms. The van der Waals surface area contributed by atoms with E-state index in [1.807, 2.05) is 0 Å². The van der Waals surface area contributed by atoms with Crippen molar-refractivity contribution >= 4 is 33.6 Å². The molecular weight excluding hydrogens is 424 g/mol. The van der Waals surface area contributed by atoms with Crippen molar-refractivity contribution < 1.29 is 27.5 Å². The van der Waals surface area contributed by atoms with Gasteiger partial charge in [0.25, 0.3) is 21.8 Å². The summed E-state index contributed by atoms with van der Waals surface area (Å²) in [6.45, 7) is 5.95. The zero-order chi connectivity index (χ0) is 22.6. The number of aromatic nitrogens is 1. The molecule has 0 unspecified atom stereocenters. The molecule has 2 aromatic rings. The van der Waals surface area contributed by atoms with Crippen LogP contribution in [0.2, 0.25) is 0 Å². The Bertz CT molecular complexity index is 1190. The summed E-state index contributed by atoms with van der Waals surface area (Å²) in [4.78, 5) is 38.4. The van der Waals surface area contributed by atoms with Crippen molar-refractivity contribution in [2.75, 3.05) is 18.4 Å². The largest absolute Gasteiger partial charge is 0.444 e. The number of likely N-dealkylation sites (tertiary alicyclic amines) is 1. The molecule has 2 aliphatic heterocycles. The van der Waals surface area contributed by atoms with Crippen molar-refractivity contribution in [3.8, 4) is 0 Å². The van der Waals surface area contributed by atoms with Gasteiger partial charge in [-0.2, -0.15) is 0 Å². The van der Waals surface area contributed by atoms with Crippen molar-refractivity contribution in [3.05, 3.63) is 47.8 Å². The lowest BCUT2D eigenvalue weighted by Gasteiger charge is -2.39. The Hall–Kier alpha value is -3.34. The van der Waals surface area contributed by atoms with Crippen LogP contribution < -0.4 is 10.6 Å². The van der Waals surface area contributed by atoms with E-state index in [1.54, 1.807) is 20.8 Å². The maximum Gasteiger partial charge on any atom is 0.410 e. The van der Waals surface area contributed by atoms with Crippen molar-refractivity contribution in [1.29, 1.82) is 0 Å². The zero-order valence-electron chi connectivity index (χ0n) is 17.2. The van der Waals surface area contributed by atoms with Gasteiger partial charge >= 0.3 is 6.09 Å². The van der Waals surface area contributed by atoms with Crippen molar-refractivity contribution in [2.45, 2.75) is 37.3 Å². The van der Waals surface area contributed by atoms with E-state index in [-0.39, 0.29) is 27.9 Å². The van der Waals surface area contributed by atoms with E-state index in [1.165, 1.54) is 41.4 Å². The van der Waals surface area contributed by atoms with Crippen LogP contribution in [0.25, 0.3) is 0 Å². The third-order valence-corrected chi connectivity index (χ3v) is 6.59. The molecule has 0 atom stereocenters. The van der Waals surface area contributed by atoms with Gasteiger partial charge in [-0.15, -0.1) is 0 Å². The average molecular weight is 446 g/mol. The fraction of sp³-hybridized carbons (Fsp3) is 0.350. The summed E-state index contributed by atoms with van der Waals surface area (Å²) < 4.78 is 31.9. The number of anilines is 1. The molecule has 1 fully saturated rings. The number of nitrogens with one attached hydrogen (secondary N) is 2. The molecule has 31 heavy (non-hydrogen) atoms. The van der Waals surface area contributed by atoms with Crippen molar-refractivity contribution in [3.63, 3.8) is 0 Å². The smallest absolute Gasteiger partial charge is 0.410 e. The van der Waals surface area contributed by atoms with Gasteiger partial charge in [-0.05, 0) is 51.1 Å². The van der Waals surface area contributed by atoms with Gasteiger partial charge in [-0.25, -0.2) is 17.2 Å². The van der Waals surface area contributed by atoms with Gasteiger partial charge in [0.15, 0.2) is 0 Å². The molecule has 3 amide bonds. The number of carbonyl (C=O) groups excluding carboxylic acids is 3. The van der Waals surface area contributed by atoms with Gasteiger partial charge in [0.2, 0.25) is 0 Å². The minimum atomic E-state index is -3.97. The van der Waals surface area contributed by atoms with Gasteiger partial charge in [0.1, 0.15) is 16.2 Å². The summed E-state index contributed by atoms with van der Waals surface area (Å²) in [5.74, 6) is -1.02. The van der Waals surface area contributed by atoms with Gasteiger partial charge < -0.3 is 20.3 Å². The number of benzene rings is 1. The van der Waals surface area contributed by atoms with Crippen LogP contribution >= 0.6 is 0 Å². The summed E-state index contributed by atoms with van der Waals surface area (Å²) in [6.07, 6.45) is 0.854. The maximum absolute atomic E-state index is 12.9. The van der Waals surface area contributed by atoms with Crippen LogP contribution in [-0.4, -0.2) is 59.9 Å². The van der Waals surface area contributed by atoms with E-state index in [0.717, 1.165) is 3.97 Å². The van der Waals surface area contributed by atoms with E-state index in [4.69, 9.17) is 4.74 Å². The average Bonchev–Trinajstić information content (AvgIpc) is 3.10.